The van der Waals surface area contributed by atoms with Crippen LogP contribution in [0.3, 0.4) is 0 Å². The average Bonchev–Trinajstić information content (AvgIpc) is 2.92. The van der Waals surface area contributed by atoms with E-state index in [2.05, 4.69) is 20.3 Å². The highest BCUT2D eigenvalue weighted by atomic mass is 35.5. The Labute approximate surface area is 118 Å². The number of aromatic nitrogens is 5. The van der Waals surface area contributed by atoms with Crippen molar-refractivity contribution in [3.63, 3.8) is 0 Å². The minimum Gasteiger partial charge on any atom is -0.219 e. The van der Waals surface area contributed by atoms with E-state index in [0.717, 1.165) is 11.1 Å². The normalized spacial score (nSPS) is 10.6. The fourth-order valence-corrected chi connectivity index (χ4v) is 1.93. The van der Waals surface area contributed by atoms with Crippen molar-refractivity contribution < 1.29 is 0 Å². The van der Waals surface area contributed by atoms with E-state index in [4.69, 9.17) is 23.2 Å². The molecule has 7 heteroatoms. The first-order valence-electron chi connectivity index (χ1n) is 5.40. The maximum atomic E-state index is 5.93. The van der Waals surface area contributed by atoms with Crippen LogP contribution >= 0.6 is 23.2 Å². The molecule has 3 aromatic rings. The first kappa shape index (κ1) is 12.1. The summed E-state index contributed by atoms with van der Waals surface area (Å²) in [5, 5.41) is 11.6. The molecule has 0 spiro atoms. The van der Waals surface area contributed by atoms with Gasteiger partial charge in [0.05, 0.1) is 6.20 Å². The van der Waals surface area contributed by atoms with E-state index in [0.29, 0.717) is 5.82 Å². The molecule has 1 aromatic carbocycles. The van der Waals surface area contributed by atoms with E-state index in [1.807, 2.05) is 36.5 Å². The lowest BCUT2D eigenvalue weighted by atomic mass is 10.1. The molecular weight excluding hydrogens is 285 g/mol. The van der Waals surface area contributed by atoms with E-state index in [-0.39, 0.29) is 10.4 Å². The second kappa shape index (κ2) is 4.95. The summed E-state index contributed by atoms with van der Waals surface area (Å²) >= 11 is 11.6. The van der Waals surface area contributed by atoms with Gasteiger partial charge in [-0.05, 0) is 17.2 Å². The van der Waals surface area contributed by atoms with Crippen molar-refractivity contribution in [2.75, 3.05) is 0 Å². The van der Waals surface area contributed by atoms with Crippen molar-refractivity contribution >= 4 is 23.2 Å². The van der Waals surface area contributed by atoms with Crippen molar-refractivity contribution in [3.05, 3.63) is 53.2 Å². The Kier molecular flexibility index (Phi) is 3.15. The highest BCUT2D eigenvalue weighted by Gasteiger charge is 2.10. The van der Waals surface area contributed by atoms with Crippen molar-refractivity contribution in [1.82, 2.24) is 25.0 Å². The Hall–Kier alpha value is -1.98. The van der Waals surface area contributed by atoms with Gasteiger partial charge in [0.25, 0.3) is 0 Å². The van der Waals surface area contributed by atoms with Crippen LogP contribution in [0.4, 0.5) is 0 Å². The Morgan fingerprint density at radius 1 is 0.947 bits per heavy atom. The molecule has 2 heterocycles. The smallest absolute Gasteiger partial charge is 0.219 e. The topological polar surface area (TPSA) is 56.5 Å². The van der Waals surface area contributed by atoms with Crippen LogP contribution in [0, 0.1) is 0 Å². The molecule has 0 amide bonds. The molecule has 0 bridgehead atoms. The van der Waals surface area contributed by atoms with E-state index < -0.39 is 0 Å². The average molecular weight is 292 g/mol. The monoisotopic (exact) mass is 291 g/mol. The second-order valence-corrected chi connectivity index (χ2v) is 4.43. The van der Waals surface area contributed by atoms with Gasteiger partial charge in [0.1, 0.15) is 0 Å². The molecule has 2 aromatic heterocycles. The zero-order chi connectivity index (χ0) is 13.2. The zero-order valence-corrected chi connectivity index (χ0v) is 11.0. The molecule has 0 radical (unpaired) electrons. The van der Waals surface area contributed by atoms with Crippen LogP contribution in [0.15, 0.2) is 42.7 Å². The second-order valence-electron chi connectivity index (χ2n) is 3.73. The predicted octanol–water partition coefficient (Wildman–Crippen LogP) is 3.03. The molecule has 0 atom stereocenters. The fraction of sp³-hybridized carbons (Fsp3) is 0. The molecule has 0 fully saturated rings. The first-order valence-corrected chi connectivity index (χ1v) is 6.16. The summed E-state index contributed by atoms with van der Waals surface area (Å²) in [6.07, 6.45) is 3.53. The minimum absolute atomic E-state index is 0.0242. The third-order valence-electron chi connectivity index (χ3n) is 2.51. The van der Waals surface area contributed by atoms with Crippen molar-refractivity contribution in [2.45, 2.75) is 0 Å². The van der Waals surface area contributed by atoms with Gasteiger partial charge in [-0.15, -0.1) is 10.2 Å². The maximum Gasteiger partial charge on any atom is 0.245 e. The summed E-state index contributed by atoms with van der Waals surface area (Å²) in [6, 6.07) is 9.87. The first-order chi connectivity index (χ1) is 9.24. The Bertz CT molecular complexity index is 711. The standard InChI is InChI=1S/C12H7Cl2N5/c13-10-11(16-12(14)18-17-10)19-7-9(6-15-19)8-4-2-1-3-5-8/h1-7H. The molecule has 0 aliphatic rings. The number of hydrogen-bond donors (Lipinski definition) is 0. The van der Waals surface area contributed by atoms with Gasteiger partial charge in [0, 0.05) is 11.8 Å². The molecule has 0 saturated carbocycles. The van der Waals surface area contributed by atoms with Crippen LogP contribution in [0.2, 0.25) is 10.4 Å². The van der Waals surface area contributed by atoms with Gasteiger partial charge in [0.15, 0.2) is 11.0 Å². The number of rotatable bonds is 2. The van der Waals surface area contributed by atoms with Crippen molar-refractivity contribution in [1.29, 1.82) is 0 Å². The molecule has 0 aliphatic heterocycles. The summed E-state index contributed by atoms with van der Waals surface area (Å²) in [6.45, 7) is 0. The van der Waals surface area contributed by atoms with E-state index in [1.54, 1.807) is 6.20 Å². The lowest BCUT2D eigenvalue weighted by Gasteiger charge is -2.01. The molecule has 3 rings (SSSR count). The van der Waals surface area contributed by atoms with Gasteiger partial charge >= 0.3 is 0 Å². The number of nitrogens with zero attached hydrogens (tertiary/aromatic N) is 5. The SMILES string of the molecule is Clc1nnc(Cl)c(-n2cc(-c3ccccc3)cn2)n1. The van der Waals surface area contributed by atoms with E-state index in [1.165, 1.54) is 4.68 Å². The maximum absolute atomic E-state index is 5.93. The van der Waals surface area contributed by atoms with Crippen LogP contribution in [0.25, 0.3) is 16.9 Å². The van der Waals surface area contributed by atoms with E-state index >= 15 is 0 Å². The summed E-state index contributed by atoms with van der Waals surface area (Å²) in [5.74, 6) is 0.351. The summed E-state index contributed by atoms with van der Waals surface area (Å²) in [7, 11) is 0. The van der Waals surface area contributed by atoms with Crippen molar-refractivity contribution in [3.8, 4) is 16.9 Å². The fourth-order valence-electron chi connectivity index (χ4n) is 1.65. The predicted molar refractivity (Wildman–Crippen MR) is 72.4 cm³/mol. The van der Waals surface area contributed by atoms with Crippen LogP contribution in [0.1, 0.15) is 0 Å². The van der Waals surface area contributed by atoms with Gasteiger partial charge in [0.2, 0.25) is 5.28 Å². The zero-order valence-electron chi connectivity index (χ0n) is 9.53. The minimum atomic E-state index is 0.0242. The van der Waals surface area contributed by atoms with Crippen LogP contribution < -0.4 is 0 Å². The lowest BCUT2D eigenvalue weighted by Crippen LogP contribution is -2.02. The molecule has 94 valence electrons. The molecular formula is C12H7Cl2N5. The summed E-state index contributed by atoms with van der Waals surface area (Å²) in [5.41, 5.74) is 2.00. The Morgan fingerprint density at radius 3 is 2.53 bits per heavy atom. The number of halogens is 2. The number of hydrogen-bond acceptors (Lipinski definition) is 4. The molecule has 0 aliphatic carbocycles. The molecule has 0 N–H and O–H groups in total. The number of benzene rings is 1. The highest BCUT2D eigenvalue weighted by Crippen LogP contribution is 2.21. The van der Waals surface area contributed by atoms with Gasteiger partial charge in [-0.3, -0.25) is 0 Å². The molecule has 0 unspecified atom stereocenters. The van der Waals surface area contributed by atoms with Crippen LogP contribution in [0.5, 0.6) is 0 Å². The Balaban J connectivity index is 2.04. The van der Waals surface area contributed by atoms with Crippen LogP contribution in [-0.4, -0.2) is 25.0 Å². The summed E-state index contributed by atoms with van der Waals surface area (Å²) < 4.78 is 1.52. The molecule has 19 heavy (non-hydrogen) atoms. The largest absolute Gasteiger partial charge is 0.245 e. The van der Waals surface area contributed by atoms with Crippen molar-refractivity contribution in [2.24, 2.45) is 0 Å². The highest BCUT2D eigenvalue weighted by molar-refractivity contribution is 6.31. The molecule has 0 saturated heterocycles. The summed E-state index contributed by atoms with van der Waals surface area (Å²) in [4.78, 5) is 4.01. The van der Waals surface area contributed by atoms with E-state index in [9.17, 15) is 0 Å². The molecule has 5 nitrogen and oxygen atoms in total. The van der Waals surface area contributed by atoms with Gasteiger partial charge in [-0.1, -0.05) is 41.9 Å². The lowest BCUT2D eigenvalue weighted by molar-refractivity contribution is 0.814. The van der Waals surface area contributed by atoms with Gasteiger partial charge in [-0.2, -0.15) is 10.1 Å². The quantitative estimate of drug-likeness (QED) is 0.728. The van der Waals surface area contributed by atoms with Crippen LogP contribution in [-0.2, 0) is 0 Å². The third-order valence-corrected chi connectivity index (χ3v) is 2.91. The van der Waals surface area contributed by atoms with Gasteiger partial charge < -0.3 is 0 Å². The Morgan fingerprint density at radius 2 is 1.74 bits per heavy atom. The third kappa shape index (κ3) is 2.43. The van der Waals surface area contributed by atoms with Gasteiger partial charge in [-0.25, -0.2) is 4.68 Å².